The maximum Gasteiger partial charge on any atom is 0.410 e. The third-order valence-corrected chi connectivity index (χ3v) is 6.18. The molecule has 0 bridgehead atoms. The molecule has 0 aliphatic carbocycles. The molecule has 2 fully saturated rings. The third kappa shape index (κ3) is 4.77. The van der Waals surface area contributed by atoms with Gasteiger partial charge in [-0.1, -0.05) is 36.7 Å². The van der Waals surface area contributed by atoms with Crippen LogP contribution in [-0.4, -0.2) is 46.5 Å². The molecule has 1 aromatic carbocycles. The zero-order chi connectivity index (χ0) is 21.2. The minimum atomic E-state index is -0.498. The number of hydrogen-bond donors (Lipinski definition) is 0. The van der Waals surface area contributed by atoms with Gasteiger partial charge in [-0.05, 0) is 57.2 Å². The zero-order valence-corrected chi connectivity index (χ0v) is 18.3. The molecule has 0 radical (unpaired) electrons. The molecule has 0 saturated carbocycles. The summed E-state index contributed by atoms with van der Waals surface area (Å²) in [6, 6.07) is 7.66. The Morgan fingerprint density at radius 2 is 1.97 bits per heavy atom. The summed E-state index contributed by atoms with van der Waals surface area (Å²) in [4.78, 5) is 29.5. The van der Waals surface area contributed by atoms with Gasteiger partial charge in [0.1, 0.15) is 5.60 Å². The number of carbonyl (C=O) groups excluding carboxylic acids is 2. The van der Waals surface area contributed by atoms with Crippen LogP contribution >= 0.6 is 11.6 Å². The first kappa shape index (κ1) is 21.7. The van der Waals surface area contributed by atoms with Gasteiger partial charge in [-0.2, -0.15) is 0 Å². The lowest BCUT2D eigenvalue weighted by molar-refractivity contribution is -0.145. The highest BCUT2D eigenvalue weighted by molar-refractivity contribution is 6.30. The molecule has 5 nitrogen and oxygen atoms in total. The molecule has 2 aliphatic rings. The quantitative estimate of drug-likeness (QED) is 0.571. The fourth-order valence-electron chi connectivity index (χ4n) is 4.52. The number of benzene rings is 1. The summed E-state index contributed by atoms with van der Waals surface area (Å²) in [5, 5.41) is 0.682. The van der Waals surface area contributed by atoms with E-state index in [1.165, 1.54) is 0 Å². The van der Waals surface area contributed by atoms with Crippen molar-refractivity contribution in [1.82, 2.24) is 9.80 Å². The van der Waals surface area contributed by atoms with E-state index < -0.39 is 5.60 Å². The van der Waals surface area contributed by atoms with Crippen molar-refractivity contribution in [2.75, 3.05) is 13.1 Å². The largest absolute Gasteiger partial charge is 0.441 e. The molecule has 29 heavy (non-hydrogen) atoms. The lowest BCUT2D eigenvalue weighted by Gasteiger charge is -2.44. The topological polar surface area (TPSA) is 49.9 Å². The number of carbonyl (C=O) groups is 2. The van der Waals surface area contributed by atoms with E-state index in [0.29, 0.717) is 24.5 Å². The molecule has 0 spiro atoms. The van der Waals surface area contributed by atoms with E-state index >= 15 is 0 Å². The van der Waals surface area contributed by atoms with E-state index in [1.54, 1.807) is 4.90 Å². The van der Waals surface area contributed by atoms with Gasteiger partial charge in [-0.25, -0.2) is 4.79 Å². The van der Waals surface area contributed by atoms with Gasteiger partial charge in [-0.15, -0.1) is 6.58 Å². The maximum absolute atomic E-state index is 13.5. The van der Waals surface area contributed by atoms with E-state index in [1.807, 2.05) is 49.1 Å². The van der Waals surface area contributed by atoms with Crippen LogP contribution in [0.1, 0.15) is 58.1 Å². The summed E-state index contributed by atoms with van der Waals surface area (Å²) in [6.45, 7) is 10.7. The molecule has 2 amide bonds. The van der Waals surface area contributed by atoms with Crippen LogP contribution < -0.4 is 0 Å². The number of allylic oxidation sites excluding steroid dienone is 1. The third-order valence-electron chi connectivity index (χ3n) is 5.92. The SMILES string of the molecule is C=CCC1CCC(c2ccc(Cl)cc2)N(C(CC)CN2CC(C)(C)OC2=O)C1=O. The van der Waals surface area contributed by atoms with Crippen molar-refractivity contribution in [2.24, 2.45) is 5.92 Å². The first-order valence-corrected chi connectivity index (χ1v) is 10.8. The summed E-state index contributed by atoms with van der Waals surface area (Å²) in [6.07, 6.45) is 4.69. The number of likely N-dealkylation sites (tertiary alicyclic amines) is 1. The van der Waals surface area contributed by atoms with Crippen LogP contribution in [0.5, 0.6) is 0 Å². The van der Waals surface area contributed by atoms with Crippen molar-refractivity contribution in [3.63, 3.8) is 0 Å². The van der Waals surface area contributed by atoms with Gasteiger partial charge in [0.2, 0.25) is 5.91 Å². The second kappa shape index (κ2) is 8.78. The summed E-state index contributed by atoms with van der Waals surface area (Å²) < 4.78 is 5.46. The van der Waals surface area contributed by atoms with Crippen molar-refractivity contribution in [3.05, 3.63) is 47.5 Å². The summed E-state index contributed by atoms with van der Waals surface area (Å²) in [5.41, 5.74) is 0.588. The Kier molecular flexibility index (Phi) is 6.57. The maximum atomic E-state index is 13.5. The fourth-order valence-corrected chi connectivity index (χ4v) is 4.64. The molecule has 6 heteroatoms. The van der Waals surface area contributed by atoms with E-state index in [4.69, 9.17) is 16.3 Å². The monoisotopic (exact) mass is 418 g/mol. The standard InChI is InChI=1S/C23H31ClN2O3/c1-5-7-17-10-13-20(16-8-11-18(24)12-9-16)26(21(17)27)19(6-2)14-25-15-23(3,4)29-22(25)28/h5,8-9,11-12,17,19-20H,1,6-7,10,13-15H2,2-4H3. The molecular formula is C23H31ClN2O3. The van der Waals surface area contributed by atoms with Gasteiger partial charge in [0.15, 0.2) is 0 Å². The van der Waals surface area contributed by atoms with Crippen molar-refractivity contribution in [1.29, 1.82) is 0 Å². The number of nitrogens with zero attached hydrogens (tertiary/aromatic N) is 2. The van der Waals surface area contributed by atoms with E-state index in [-0.39, 0.29) is 30.0 Å². The summed E-state index contributed by atoms with van der Waals surface area (Å²) in [7, 11) is 0. The van der Waals surface area contributed by atoms with Crippen LogP contribution in [0, 0.1) is 5.92 Å². The van der Waals surface area contributed by atoms with Crippen LogP contribution in [0.4, 0.5) is 4.79 Å². The first-order chi connectivity index (χ1) is 13.8. The molecule has 2 saturated heterocycles. The predicted molar refractivity (Wildman–Crippen MR) is 115 cm³/mol. The smallest absolute Gasteiger partial charge is 0.410 e. The highest BCUT2D eigenvalue weighted by atomic mass is 35.5. The molecule has 2 aliphatic heterocycles. The van der Waals surface area contributed by atoms with Gasteiger partial charge >= 0.3 is 6.09 Å². The molecular weight excluding hydrogens is 388 g/mol. The number of piperidine rings is 1. The van der Waals surface area contributed by atoms with Crippen molar-refractivity contribution < 1.29 is 14.3 Å². The molecule has 3 unspecified atom stereocenters. The number of ether oxygens (including phenoxy) is 1. The highest BCUT2D eigenvalue weighted by Crippen LogP contribution is 2.38. The number of cyclic esters (lactones) is 1. The van der Waals surface area contributed by atoms with Gasteiger partial charge in [0, 0.05) is 23.5 Å². The zero-order valence-electron chi connectivity index (χ0n) is 17.6. The summed E-state index contributed by atoms with van der Waals surface area (Å²) in [5.74, 6) is 0.0989. The molecule has 3 atom stereocenters. The van der Waals surface area contributed by atoms with Gasteiger partial charge in [-0.3, -0.25) is 4.79 Å². The fraction of sp³-hybridized carbons (Fsp3) is 0.565. The molecule has 0 N–H and O–H groups in total. The lowest BCUT2D eigenvalue weighted by Crippen LogP contribution is -2.53. The predicted octanol–water partition coefficient (Wildman–Crippen LogP) is 5.21. The number of halogens is 1. The van der Waals surface area contributed by atoms with E-state index in [2.05, 4.69) is 13.5 Å². The summed E-state index contributed by atoms with van der Waals surface area (Å²) >= 11 is 6.08. The van der Waals surface area contributed by atoms with Crippen molar-refractivity contribution in [2.45, 2.75) is 64.1 Å². The molecule has 158 valence electrons. The Hall–Kier alpha value is -2.01. The average Bonchev–Trinajstić information content (AvgIpc) is 2.94. The number of rotatable bonds is 7. The minimum absolute atomic E-state index is 0.0163. The Morgan fingerprint density at radius 3 is 2.52 bits per heavy atom. The molecule has 0 aromatic heterocycles. The van der Waals surface area contributed by atoms with Crippen LogP contribution in [0.3, 0.4) is 0 Å². The van der Waals surface area contributed by atoms with Crippen LogP contribution in [0.25, 0.3) is 0 Å². The lowest BCUT2D eigenvalue weighted by atomic mass is 9.85. The second-order valence-electron chi connectivity index (χ2n) is 8.68. The first-order valence-electron chi connectivity index (χ1n) is 10.4. The van der Waals surface area contributed by atoms with Crippen molar-refractivity contribution >= 4 is 23.6 Å². The number of hydrogen-bond acceptors (Lipinski definition) is 3. The normalized spacial score (nSPS) is 25.1. The molecule has 1 aromatic rings. The van der Waals surface area contributed by atoms with Gasteiger partial charge < -0.3 is 14.5 Å². The Morgan fingerprint density at radius 1 is 1.28 bits per heavy atom. The molecule has 2 heterocycles. The Labute approximate surface area is 178 Å². The Bertz CT molecular complexity index is 762. The average molecular weight is 419 g/mol. The second-order valence-corrected chi connectivity index (χ2v) is 9.12. The number of amides is 2. The Balaban J connectivity index is 1.89. The van der Waals surface area contributed by atoms with E-state index in [9.17, 15) is 9.59 Å². The van der Waals surface area contributed by atoms with Crippen LogP contribution in [0.2, 0.25) is 5.02 Å². The minimum Gasteiger partial charge on any atom is -0.441 e. The molecule has 3 rings (SSSR count). The highest BCUT2D eigenvalue weighted by Gasteiger charge is 2.43. The van der Waals surface area contributed by atoms with Gasteiger partial charge in [0.25, 0.3) is 0 Å². The van der Waals surface area contributed by atoms with Crippen LogP contribution in [0.15, 0.2) is 36.9 Å². The van der Waals surface area contributed by atoms with Gasteiger partial charge in [0.05, 0.1) is 12.6 Å². The van der Waals surface area contributed by atoms with Crippen molar-refractivity contribution in [3.8, 4) is 0 Å². The van der Waals surface area contributed by atoms with E-state index in [0.717, 1.165) is 24.8 Å². The van der Waals surface area contributed by atoms with Crippen LogP contribution in [-0.2, 0) is 9.53 Å².